The van der Waals surface area contributed by atoms with Crippen LogP contribution in [0.3, 0.4) is 0 Å². The SMILES string of the molecule is Cc1oc2c(c1C(=O)N1CCNC(=O)C1Cc1ccc(-c3cccnc3)cc1)CCCC2. The van der Waals surface area contributed by atoms with E-state index in [4.69, 9.17) is 4.42 Å². The van der Waals surface area contributed by atoms with E-state index >= 15 is 0 Å². The van der Waals surface area contributed by atoms with Crippen molar-refractivity contribution in [3.63, 3.8) is 0 Å². The Hall–Kier alpha value is -3.41. The first kappa shape index (κ1) is 20.5. The lowest BCUT2D eigenvalue weighted by atomic mass is 9.93. The van der Waals surface area contributed by atoms with E-state index in [1.807, 2.05) is 49.5 Å². The molecule has 2 aliphatic rings. The van der Waals surface area contributed by atoms with Crippen molar-refractivity contribution < 1.29 is 14.0 Å². The summed E-state index contributed by atoms with van der Waals surface area (Å²) in [6.07, 6.45) is 7.98. The van der Waals surface area contributed by atoms with E-state index in [-0.39, 0.29) is 11.8 Å². The molecule has 32 heavy (non-hydrogen) atoms. The maximum absolute atomic E-state index is 13.6. The van der Waals surface area contributed by atoms with Gasteiger partial charge in [-0.3, -0.25) is 14.6 Å². The van der Waals surface area contributed by atoms with Crippen molar-refractivity contribution >= 4 is 11.8 Å². The minimum absolute atomic E-state index is 0.0822. The smallest absolute Gasteiger partial charge is 0.258 e. The van der Waals surface area contributed by atoms with Crippen LogP contribution in [-0.4, -0.2) is 40.8 Å². The van der Waals surface area contributed by atoms with Crippen LogP contribution in [0.4, 0.5) is 0 Å². The number of rotatable bonds is 4. The third-order valence-electron chi connectivity index (χ3n) is 6.53. The molecule has 5 rings (SSSR count). The van der Waals surface area contributed by atoms with E-state index in [9.17, 15) is 9.59 Å². The fraction of sp³-hybridized carbons (Fsp3) is 0.346. The summed E-state index contributed by atoms with van der Waals surface area (Å²) in [6, 6.07) is 11.5. The van der Waals surface area contributed by atoms with Crippen molar-refractivity contribution in [2.75, 3.05) is 13.1 Å². The Morgan fingerprint density at radius 2 is 1.97 bits per heavy atom. The van der Waals surface area contributed by atoms with Gasteiger partial charge in [0.15, 0.2) is 0 Å². The van der Waals surface area contributed by atoms with Gasteiger partial charge in [-0.15, -0.1) is 0 Å². The van der Waals surface area contributed by atoms with Crippen LogP contribution in [0.25, 0.3) is 11.1 Å². The summed E-state index contributed by atoms with van der Waals surface area (Å²) in [7, 11) is 0. The molecule has 0 spiro atoms. The predicted molar refractivity (Wildman–Crippen MR) is 121 cm³/mol. The summed E-state index contributed by atoms with van der Waals surface area (Å²) in [5.74, 6) is 1.44. The van der Waals surface area contributed by atoms with E-state index in [0.29, 0.717) is 30.8 Å². The van der Waals surface area contributed by atoms with Gasteiger partial charge in [-0.05, 0) is 48.9 Å². The average Bonchev–Trinajstić information content (AvgIpc) is 3.16. The number of carbonyl (C=O) groups excluding carboxylic acids is 2. The van der Waals surface area contributed by atoms with Crippen LogP contribution in [-0.2, 0) is 24.1 Å². The number of piperazine rings is 1. The quantitative estimate of drug-likeness (QED) is 0.686. The lowest BCUT2D eigenvalue weighted by Crippen LogP contribution is -2.58. The molecule has 2 amide bonds. The Morgan fingerprint density at radius 1 is 1.16 bits per heavy atom. The van der Waals surface area contributed by atoms with Gasteiger partial charge in [0.05, 0.1) is 5.56 Å². The molecular formula is C26H27N3O3. The van der Waals surface area contributed by atoms with Crippen molar-refractivity contribution in [1.82, 2.24) is 15.2 Å². The number of carbonyl (C=O) groups is 2. The van der Waals surface area contributed by atoms with Gasteiger partial charge in [0.1, 0.15) is 17.6 Å². The molecule has 2 aromatic heterocycles. The van der Waals surface area contributed by atoms with Crippen LogP contribution in [0.2, 0.25) is 0 Å². The number of nitrogens with one attached hydrogen (secondary N) is 1. The first-order valence-corrected chi connectivity index (χ1v) is 11.3. The molecule has 1 unspecified atom stereocenters. The lowest BCUT2D eigenvalue weighted by Gasteiger charge is -2.35. The zero-order valence-electron chi connectivity index (χ0n) is 18.3. The third kappa shape index (κ3) is 3.81. The molecule has 1 saturated heterocycles. The molecule has 164 valence electrons. The number of aromatic nitrogens is 1. The highest BCUT2D eigenvalue weighted by Crippen LogP contribution is 2.31. The number of furan rings is 1. The first-order chi connectivity index (χ1) is 15.6. The summed E-state index contributed by atoms with van der Waals surface area (Å²) in [4.78, 5) is 32.3. The Bertz CT molecular complexity index is 1140. The third-order valence-corrected chi connectivity index (χ3v) is 6.53. The molecule has 3 heterocycles. The van der Waals surface area contributed by atoms with E-state index < -0.39 is 6.04 Å². The molecule has 1 N–H and O–H groups in total. The zero-order valence-corrected chi connectivity index (χ0v) is 18.3. The van der Waals surface area contributed by atoms with Crippen molar-refractivity contribution in [3.05, 3.63) is 77.0 Å². The number of aryl methyl sites for hydroxylation is 2. The van der Waals surface area contributed by atoms with Crippen LogP contribution in [0.15, 0.2) is 53.2 Å². The summed E-state index contributed by atoms with van der Waals surface area (Å²) >= 11 is 0. The molecule has 1 fully saturated rings. The fourth-order valence-corrected chi connectivity index (χ4v) is 4.88. The summed E-state index contributed by atoms with van der Waals surface area (Å²) in [6.45, 7) is 2.84. The normalized spacial score (nSPS) is 18.2. The van der Waals surface area contributed by atoms with Crippen molar-refractivity contribution in [3.8, 4) is 11.1 Å². The number of amides is 2. The number of nitrogens with zero attached hydrogens (tertiary/aromatic N) is 2. The Labute approximate surface area is 187 Å². The standard InChI is InChI=1S/C26H27N3O3/c1-17-24(21-6-2-3-7-23(21)32-17)26(31)29-14-13-28-25(30)22(29)15-18-8-10-19(11-9-18)20-5-4-12-27-16-20/h4-5,8-12,16,22H,2-3,6-7,13-15H2,1H3,(H,28,30). The minimum Gasteiger partial charge on any atom is -0.465 e. The molecule has 1 aliphatic carbocycles. The maximum atomic E-state index is 13.6. The van der Waals surface area contributed by atoms with Crippen molar-refractivity contribution in [2.24, 2.45) is 0 Å². The van der Waals surface area contributed by atoms with E-state index in [1.54, 1.807) is 11.1 Å². The highest BCUT2D eigenvalue weighted by atomic mass is 16.3. The molecule has 0 saturated carbocycles. The number of pyridine rings is 1. The van der Waals surface area contributed by atoms with Gasteiger partial charge < -0.3 is 14.6 Å². The predicted octanol–water partition coefficient (Wildman–Crippen LogP) is 3.71. The van der Waals surface area contributed by atoms with Crippen LogP contribution in [0.1, 0.15) is 45.8 Å². The van der Waals surface area contributed by atoms with Gasteiger partial charge >= 0.3 is 0 Å². The number of hydrogen-bond donors (Lipinski definition) is 1. The molecule has 3 aromatic rings. The summed E-state index contributed by atoms with van der Waals surface area (Å²) < 4.78 is 5.93. The van der Waals surface area contributed by atoms with Crippen LogP contribution in [0, 0.1) is 6.92 Å². The maximum Gasteiger partial charge on any atom is 0.258 e. The zero-order chi connectivity index (χ0) is 22.1. The van der Waals surface area contributed by atoms with E-state index in [1.165, 1.54) is 0 Å². The van der Waals surface area contributed by atoms with Gasteiger partial charge in [0.25, 0.3) is 5.91 Å². The fourth-order valence-electron chi connectivity index (χ4n) is 4.88. The molecule has 1 aliphatic heterocycles. The molecule has 1 aromatic carbocycles. The first-order valence-electron chi connectivity index (χ1n) is 11.3. The summed E-state index contributed by atoms with van der Waals surface area (Å²) in [5.41, 5.74) is 4.86. The Kier molecular flexibility index (Phi) is 5.52. The second-order valence-electron chi connectivity index (χ2n) is 8.59. The second kappa shape index (κ2) is 8.61. The largest absolute Gasteiger partial charge is 0.465 e. The topological polar surface area (TPSA) is 75.4 Å². The van der Waals surface area contributed by atoms with Crippen molar-refractivity contribution in [1.29, 1.82) is 0 Å². The van der Waals surface area contributed by atoms with Crippen LogP contribution >= 0.6 is 0 Å². The van der Waals surface area contributed by atoms with Gasteiger partial charge in [-0.25, -0.2) is 0 Å². The minimum atomic E-state index is -0.533. The van der Waals surface area contributed by atoms with E-state index in [0.717, 1.165) is 53.7 Å². The van der Waals surface area contributed by atoms with Crippen LogP contribution in [0.5, 0.6) is 0 Å². The monoisotopic (exact) mass is 429 g/mol. The molecule has 6 nitrogen and oxygen atoms in total. The van der Waals surface area contributed by atoms with Gasteiger partial charge in [0, 0.05) is 43.9 Å². The van der Waals surface area contributed by atoms with E-state index in [2.05, 4.69) is 10.3 Å². The van der Waals surface area contributed by atoms with Gasteiger partial charge in [-0.2, -0.15) is 0 Å². The lowest BCUT2D eigenvalue weighted by molar-refractivity contribution is -0.127. The number of benzene rings is 1. The molecule has 0 bridgehead atoms. The van der Waals surface area contributed by atoms with Gasteiger partial charge in [-0.1, -0.05) is 30.3 Å². The van der Waals surface area contributed by atoms with Crippen LogP contribution < -0.4 is 5.32 Å². The van der Waals surface area contributed by atoms with Gasteiger partial charge in [0.2, 0.25) is 5.91 Å². The number of fused-ring (bicyclic) bond motifs is 1. The second-order valence-corrected chi connectivity index (χ2v) is 8.59. The molecular weight excluding hydrogens is 402 g/mol. The molecule has 1 atom stereocenters. The molecule has 6 heteroatoms. The highest BCUT2D eigenvalue weighted by Gasteiger charge is 2.36. The van der Waals surface area contributed by atoms with Crippen molar-refractivity contribution in [2.45, 2.75) is 45.1 Å². The Morgan fingerprint density at radius 3 is 2.75 bits per heavy atom. The number of hydrogen-bond acceptors (Lipinski definition) is 4. The molecule has 0 radical (unpaired) electrons. The highest BCUT2D eigenvalue weighted by molar-refractivity contribution is 6.00. The Balaban J connectivity index is 1.39. The average molecular weight is 430 g/mol. The summed E-state index contributed by atoms with van der Waals surface area (Å²) in [5, 5.41) is 2.93.